The molecule has 1 heterocycles. The third-order valence-corrected chi connectivity index (χ3v) is 6.60. The van der Waals surface area contributed by atoms with Gasteiger partial charge in [0, 0.05) is 23.7 Å². The van der Waals surface area contributed by atoms with E-state index < -0.39 is 11.9 Å². The number of nitrogens with one attached hydrogen (secondary N) is 1. The van der Waals surface area contributed by atoms with Crippen LogP contribution in [0.25, 0.3) is 10.8 Å². The average Bonchev–Trinajstić information content (AvgIpc) is 2.89. The number of benzene rings is 4. The molecule has 36 heavy (non-hydrogen) atoms. The van der Waals surface area contributed by atoms with Crippen molar-refractivity contribution in [2.45, 2.75) is 18.8 Å². The van der Waals surface area contributed by atoms with E-state index >= 15 is 0 Å². The van der Waals surface area contributed by atoms with Crippen molar-refractivity contribution in [1.82, 2.24) is 5.32 Å². The van der Waals surface area contributed by atoms with E-state index in [1.807, 2.05) is 18.2 Å². The Kier molecular flexibility index (Phi) is 6.78. The molecule has 0 saturated carbocycles. The van der Waals surface area contributed by atoms with Crippen molar-refractivity contribution in [2.24, 2.45) is 0 Å². The molecule has 6 nitrogen and oxygen atoms in total. The highest BCUT2D eigenvalue weighted by molar-refractivity contribution is 6.32. The zero-order valence-electron chi connectivity index (χ0n) is 19.4. The normalized spacial score (nSPS) is 14.5. The summed E-state index contributed by atoms with van der Waals surface area (Å²) in [5.41, 5.74) is 2.25. The molecule has 0 spiro atoms. The number of fused-ring (bicyclic) bond motifs is 2. The monoisotopic (exact) mass is 501 g/mol. The maximum absolute atomic E-state index is 12.6. The van der Waals surface area contributed by atoms with Gasteiger partial charge in [-0.1, -0.05) is 54.1 Å². The van der Waals surface area contributed by atoms with Crippen LogP contribution in [0.3, 0.4) is 0 Å². The number of aliphatic carboxylic acids is 1. The first-order valence-electron chi connectivity index (χ1n) is 11.7. The Balaban J connectivity index is 1.22. The number of ether oxygens (including phenoxy) is 2. The highest BCUT2D eigenvalue weighted by atomic mass is 35.5. The van der Waals surface area contributed by atoms with Crippen molar-refractivity contribution >= 4 is 34.2 Å². The molecule has 0 bridgehead atoms. The molecular formula is C29H24ClNO5. The zero-order valence-corrected chi connectivity index (χ0v) is 20.1. The van der Waals surface area contributed by atoms with Crippen LogP contribution < -0.4 is 14.8 Å². The van der Waals surface area contributed by atoms with Crippen LogP contribution in [0, 0.1) is 0 Å². The van der Waals surface area contributed by atoms with Gasteiger partial charge in [-0.25, -0.2) is 0 Å². The number of amides is 1. The molecule has 0 saturated heterocycles. The summed E-state index contributed by atoms with van der Waals surface area (Å²) in [6.45, 7) is 0.836. The first kappa shape index (κ1) is 23.7. The van der Waals surface area contributed by atoms with Gasteiger partial charge in [0.25, 0.3) is 5.91 Å². The number of carbonyl (C=O) groups is 2. The minimum absolute atomic E-state index is 0.165. The van der Waals surface area contributed by atoms with Gasteiger partial charge in [-0.2, -0.15) is 0 Å². The fourth-order valence-corrected chi connectivity index (χ4v) is 4.66. The summed E-state index contributed by atoms with van der Waals surface area (Å²) in [5, 5.41) is 15.1. The average molecular weight is 502 g/mol. The predicted octanol–water partition coefficient (Wildman–Crippen LogP) is 6.21. The fraction of sp³-hybridized carbons (Fsp3) is 0.172. The number of hydrogen-bond acceptors (Lipinski definition) is 4. The molecule has 4 aromatic carbocycles. The Morgan fingerprint density at radius 1 is 1.03 bits per heavy atom. The topological polar surface area (TPSA) is 84.9 Å². The largest absolute Gasteiger partial charge is 0.493 e. The second-order valence-corrected chi connectivity index (χ2v) is 9.03. The molecule has 1 unspecified atom stereocenters. The molecule has 1 aliphatic rings. The molecule has 1 atom stereocenters. The van der Waals surface area contributed by atoms with E-state index in [-0.39, 0.29) is 5.91 Å². The number of rotatable bonds is 7. The van der Waals surface area contributed by atoms with Crippen LogP contribution in [-0.4, -0.2) is 30.1 Å². The van der Waals surface area contributed by atoms with E-state index in [0.717, 1.165) is 6.42 Å². The summed E-state index contributed by atoms with van der Waals surface area (Å²) in [6.07, 6.45) is 1.13. The number of hydrogen-bond donors (Lipinski definition) is 2. The standard InChI is InChI=1S/C29H24ClNO5/c30-25-16-24-23(29(33)34)13-15-35-26(24)17-27(25)36-21-10-8-20(9-11-21)28(32)31-14-12-19-6-3-5-18-4-1-2-7-22(18)19/h1-11,16-17,23H,12-15H2,(H,31,32)(H,33,34). The minimum Gasteiger partial charge on any atom is -0.493 e. The zero-order chi connectivity index (χ0) is 25.1. The van der Waals surface area contributed by atoms with Crippen LogP contribution in [0.2, 0.25) is 5.02 Å². The number of carbonyl (C=O) groups excluding carboxylic acids is 1. The van der Waals surface area contributed by atoms with Gasteiger partial charge in [0.1, 0.15) is 17.2 Å². The smallest absolute Gasteiger partial charge is 0.311 e. The van der Waals surface area contributed by atoms with E-state index in [0.29, 0.717) is 53.0 Å². The van der Waals surface area contributed by atoms with Gasteiger partial charge in [0.05, 0.1) is 17.5 Å². The van der Waals surface area contributed by atoms with Gasteiger partial charge in [-0.05, 0) is 59.5 Å². The molecule has 0 aliphatic carbocycles. The maximum Gasteiger partial charge on any atom is 0.311 e. The molecule has 4 aromatic rings. The van der Waals surface area contributed by atoms with Gasteiger partial charge in [0.15, 0.2) is 0 Å². The molecule has 0 radical (unpaired) electrons. The molecule has 1 aliphatic heterocycles. The van der Waals surface area contributed by atoms with Crippen molar-refractivity contribution in [3.8, 4) is 17.2 Å². The Hall–Kier alpha value is -4.03. The van der Waals surface area contributed by atoms with Gasteiger partial charge in [-0.15, -0.1) is 0 Å². The molecule has 2 N–H and O–H groups in total. The molecule has 182 valence electrons. The van der Waals surface area contributed by atoms with Crippen LogP contribution in [-0.2, 0) is 11.2 Å². The highest BCUT2D eigenvalue weighted by Gasteiger charge is 2.29. The highest BCUT2D eigenvalue weighted by Crippen LogP contribution is 2.41. The van der Waals surface area contributed by atoms with Crippen LogP contribution >= 0.6 is 11.6 Å². The summed E-state index contributed by atoms with van der Waals surface area (Å²) in [5.74, 6) is -0.422. The fourth-order valence-electron chi connectivity index (χ4n) is 4.45. The second kappa shape index (κ2) is 10.3. The number of halogens is 1. The van der Waals surface area contributed by atoms with Gasteiger partial charge >= 0.3 is 5.97 Å². The maximum atomic E-state index is 12.6. The predicted molar refractivity (Wildman–Crippen MR) is 138 cm³/mol. The third kappa shape index (κ3) is 4.99. The lowest BCUT2D eigenvalue weighted by Crippen LogP contribution is -2.25. The Morgan fingerprint density at radius 2 is 1.81 bits per heavy atom. The van der Waals surface area contributed by atoms with Crippen molar-refractivity contribution in [2.75, 3.05) is 13.2 Å². The van der Waals surface area contributed by atoms with Crippen LogP contribution in [0.4, 0.5) is 0 Å². The van der Waals surface area contributed by atoms with Crippen LogP contribution in [0.15, 0.2) is 78.9 Å². The molecule has 7 heteroatoms. The summed E-state index contributed by atoms with van der Waals surface area (Å²) in [7, 11) is 0. The van der Waals surface area contributed by atoms with Crippen molar-refractivity contribution in [3.05, 3.63) is 101 Å². The van der Waals surface area contributed by atoms with Crippen LogP contribution in [0.1, 0.15) is 33.8 Å². The van der Waals surface area contributed by atoms with E-state index in [9.17, 15) is 14.7 Å². The van der Waals surface area contributed by atoms with Crippen molar-refractivity contribution < 1.29 is 24.2 Å². The van der Waals surface area contributed by atoms with Gasteiger partial charge in [0.2, 0.25) is 0 Å². The summed E-state index contributed by atoms with van der Waals surface area (Å²) >= 11 is 6.37. The van der Waals surface area contributed by atoms with Crippen molar-refractivity contribution in [1.29, 1.82) is 0 Å². The first-order chi connectivity index (χ1) is 17.5. The molecule has 5 rings (SSSR count). The van der Waals surface area contributed by atoms with Crippen molar-refractivity contribution in [3.63, 3.8) is 0 Å². The number of carboxylic acids is 1. The quantitative estimate of drug-likeness (QED) is 0.314. The van der Waals surface area contributed by atoms with Gasteiger partial charge < -0.3 is 19.9 Å². The first-order valence-corrected chi connectivity index (χ1v) is 12.1. The number of carboxylic acid groups (broad SMARTS) is 1. The van der Waals surface area contributed by atoms with E-state index in [4.69, 9.17) is 21.1 Å². The van der Waals surface area contributed by atoms with Crippen LogP contribution in [0.5, 0.6) is 17.2 Å². The second-order valence-electron chi connectivity index (χ2n) is 8.62. The summed E-state index contributed by atoms with van der Waals surface area (Å²) in [6, 6.07) is 24.4. The minimum atomic E-state index is -0.907. The molecule has 0 aromatic heterocycles. The van der Waals surface area contributed by atoms with E-state index in [1.165, 1.54) is 16.3 Å². The van der Waals surface area contributed by atoms with E-state index in [1.54, 1.807) is 36.4 Å². The summed E-state index contributed by atoms with van der Waals surface area (Å²) in [4.78, 5) is 24.1. The molecule has 0 fully saturated rings. The SMILES string of the molecule is O=C(NCCc1cccc2ccccc12)c1ccc(Oc2cc3c(cc2Cl)C(C(=O)O)CCO3)cc1. The Morgan fingerprint density at radius 3 is 2.61 bits per heavy atom. The lowest BCUT2D eigenvalue weighted by Gasteiger charge is -2.24. The lowest BCUT2D eigenvalue weighted by atomic mass is 9.93. The molecule has 1 amide bonds. The third-order valence-electron chi connectivity index (χ3n) is 6.31. The van der Waals surface area contributed by atoms with Gasteiger partial charge in [-0.3, -0.25) is 9.59 Å². The Bertz CT molecular complexity index is 1430. The molecular weight excluding hydrogens is 478 g/mol. The lowest BCUT2D eigenvalue weighted by molar-refractivity contribution is -0.139. The Labute approximate surface area is 213 Å². The van der Waals surface area contributed by atoms with E-state index in [2.05, 4.69) is 29.6 Å². The summed E-state index contributed by atoms with van der Waals surface area (Å²) < 4.78 is 11.5.